The SMILES string of the molecule is C/C(CONC(=O)c1ccc(-c2noc(C(F)(F)F)n2)cc1)=N/OCCO. The molecule has 1 heterocycles. The van der Waals surface area contributed by atoms with Crippen LogP contribution in [0.15, 0.2) is 33.9 Å². The van der Waals surface area contributed by atoms with Gasteiger partial charge < -0.3 is 14.5 Å². The highest BCUT2D eigenvalue weighted by Gasteiger charge is 2.38. The molecule has 0 aliphatic heterocycles. The number of aromatic nitrogens is 2. The molecular weight excluding hydrogens is 373 g/mol. The molecule has 0 aliphatic carbocycles. The lowest BCUT2D eigenvalue weighted by molar-refractivity contribution is -0.159. The maximum absolute atomic E-state index is 12.5. The molecule has 0 saturated heterocycles. The van der Waals surface area contributed by atoms with Gasteiger partial charge in [0, 0.05) is 11.1 Å². The van der Waals surface area contributed by atoms with Crippen molar-refractivity contribution < 1.29 is 37.3 Å². The van der Waals surface area contributed by atoms with Crippen molar-refractivity contribution in [2.45, 2.75) is 13.1 Å². The third-order valence-corrected chi connectivity index (χ3v) is 2.92. The number of rotatable bonds is 8. The van der Waals surface area contributed by atoms with Gasteiger partial charge in [0.05, 0.1) is 12.3 Å². The van der Waals surface area contributed by atoms with Crippen molar-refractivity contribution >= 4 is 11.6 Å². The summed E-state index contributed by atoms with van der Waals surface area (Å²) in [5, 5.41) is 15.4. The van der Waals surface area contributed by atoms with E-state index in [1.54, 1.807) is 6.92 Å². The second kappa shape index (κ2) is 9.09. The number of oxime groups is 1. The number of alkyl halides is 3. The Labute approximate surface area is 150 Å². The number of nitrogens with one attached hydrogen (secondary N) is 1. The number of carbonyl (C=O) groups is 1. The van der Waals surface area contributed by atoms with Crippen molar-refractivity contribution in [3.05, 3.63) is 35.7 Å². The first-order chi connectivity index (χ1) is 12.8. The van der Waals surface area contributed by atoms with Crippen molar-refractivity contribution in [2.75, 3.05) is 19.8 Å². The summed E-state index contributed by atoms with van der Waals surface area (Å²) in [6, 6.07) is 5.47. The number of hydroxylamine groups is 1. The van der Waals surface area contributed by atoms with Gasteiger partial charge in [-0.1, -0.05) is 22.4 Å². The molecule has 9 nitrogen and oxygen atoms in total. The zero-order valence-electron chi connectivity index (χ0n) is 14.0. The van der Waals surface area contributed by atoms with Gasteiger partial charge in [-0.15, -0.1) is 0 Å². The summed E-state index contributed by atoms with van der Waals surface area (Å²) in [6.07, 6.45) is -4.73. The van der Waals surface area contributed by atoms with Crippen LogP contribution in [-0.4, -0.2) is 46.7 Å². The quantitative estimate of drug-likeness (QED) is 0.402. The first-order valence-corrected chi connectivity index (χ1v) is 7.51. The largest absolute Gasteiger partial charge is 0.471 e. The fraction of sp³-hybridized carbons (Fsp3) is 0.333. The number of amides is 1. The van der Waals surface area contributed by atoms with E-state index in [0.717, 1.165) is 0 Å². The van der Waals surface area contributed by atoms with Crippen LogP contribution in [0, 0.1) is 0 Å². The van der Waals surface area contributed by atoms with E-state index in [9.17, 15) is 18.0 Å². The number of nitrogens with zero attached hydrogens (tertiary/aromatic N) is 3. The second-order valence-corrected chi connectivity index (χ2v) is 5.10. The Balaban J connectivity index is 1.90. The van der Waals surface area contributed by atoms with Crippen LogP contribution in [0.4, 0.5) is 13.2 Å². The summed E-state index contributed by atoms with van der Waals surface area (Å²) in [7, 11) is 0. The molecule has 0 saturated carbocycles. The molecule has 0 radical (unpaired) electrons. The highest BCUT2D eigenvalue weighted by atomic mass is 19.4. The third kappa shape index (κ3) is 6.04. The monoisotopic (exact) mass is 388 g/mol. The average molecular weight is 388 g/mol. The Hall–Kier alpha value is -2.99. The summed E-state index contributed by atoms with van der Waals surface area (Å²) < 4.78 is 41.5. The topological polar surface area (TPSA) is 119 Å². The van der Waals surface area contributed by atoms with Gasteiger partial charge in [-0.05, 0) is 19.1 Å². The number of carbonyl (C=O) groups excluding carboxylic acids is 1. The molecule has 0 fully saturated rings. The van der Waals surface area contributed by atoms with E-state index in [2.05, 4.69) is 25.3 Å². The van der Waals surface area contributed by atoms with Crippen LogP contribution in [-0.2, 0) is 15.9 Å². The number of hydrogen-bond donors (Lipinski definition) is 2. The fourth-order valence-corrected chi connectivity index (χ4v) is 1.71. The van der Waals surface area contributed by atoms with Gasteiger partial charge in [-0.25, -0.2) is 5.48 Å². The Morgan fingerprint density at radius 1 is 1.33 bits per heavy atom. The van der Waals surface area contributed by atoms with Crippen LogP contribution in [0.25, 0.3) is 11.4 Å². The molecule has 1 aromatic carbocycles. The predicted molar refractivity (Wildman–Crippen MR) is 84.3 cm³/mol. The van der Waals surface area contributed by atoms with Gasteiger partial charge in [0.1, 0.15) is 13.2 Å². The molecule has 27 heavy (non-hydrogen) atoms. The van der Waals surface area contributed by atoms with Gasteiger partial charge in [0.25, 0.3) is 5.91 Å². The summed E-state index contributed by atoms with van der Waals surface area (Å²) >= 11 is 0. The van der Waals surface area contributed by atoms with Crippen LogP contribution >= 0.6 is 0 Å². The number of aliphatic hydroxyl groups is 1. The molecule has 2 aromatic rings. The third-order valence-electron chi connectivity index (χ3n) is 2.92. The molecule has 1 aromatic heterocycles. The zero-order valence-corrected chi connectivity index (χ0v) is 14.0. The molecule has 12 heteroatoms. The van der Waals surface area contributed by atoms with Crippen molar-refractivity contribution in [1.82, 2.24) is 15.6 Å². The van der Waals surface area contributed by atoms with E-state index in [4.69, 9.17) is 14.8 Å². The Kier molecular flexibility index (Phi) is 6.85. The van der Waals surface area contributed by atoms with Crippen molar-refractivity contribution in [1.29, 1.82) is 0 Å². The van der Waals surface area contributed by atoms with Crippen molar-refractivity contribution in [2.24, 2.45) is 5.16 Å². The molecule has 0 atom stereocenters. The summed E-state index contributed by atoms with van der Waals surface area (Å²) in [4.78, 5) is 24.9. The summed E-state index contributed by atoms with van der Waals surface area (Å²) in [5.74, 6) is -2.28. The molecule has 146 valence electrons. The van der Waals surface area contributed by atoms with E-state index in [0.29, 0.717) is 5.71 Å². The van der Waals surface area contributed by atoms with Gasteiger partial charge >= 0.3 is 12.1 Å². The first kappa shape index (κ1) is 20.3. The molecule has 0 aliphatic rings. The van der Waals surface area contributed by atoms with Gasteiger partial charge in [-0.2, -0.15) is 18.2 Å². The lowest BCUT2D eigenvalue weighted by Crippen LogP contribution is -2.26. The zero-order chi connectivity index (χ0) is 19.9. The van der Waals surface area contributed by atoms with Crippen LogP contribution in [0.2, 0.25) is 0 Å². The molecule has 2 rings (SSSR count). The minimum Gasteiger partial charge on any atom is -0.393 e. The van der Waals surface area contributed by atoms with Gasteiger partial charge in [-0.3, -0.25) is 9.63 Å². The van der Waals surface area contributed by atoms with Crippen LogP contribution in [0.1, 0.15) is 23.2 Å². The van der Waals surface area contributed by atoms with E-state index in [-0.39, 0.29) is 36.8 Å². The molecule has 1 amide bonds. The lowest BCUT2D eigenvalue weighted by atomic mass is 10.1. The van der Waals surface area contributed by atoms with Crippen molar-refractivity contribution in [3.8, 4) is 11.4 Å². The van der Waals surface area contributed by atoms with Crippen LogP contribution in [0.3, 0.4) is 0 Å². The Morgan fingerprint density at radius 3 is 2.63 bits per heavy atom. The van der Waals surface area contributed by atoms with E-state index >= 15 is 0 Å². The average Bonchev–Trinajstić information content (AvgIpc) is 3.12. The number of benzene rings is 1. The normalized spacial score (nSPS) is 12.1. The lowest BCUT2D eigenvalue weighted by Gasteiger charge is -2.06. The smallest absolute Gasteiger partial charge is 0.393 e. The van der Waals surface area contributed by atoms with Crippen LogP contribution < -0.4 is 5.48 Å². The number of halogens is 3. The maximum Gasteiger partial charge on any atom is 0.471 e. The Morgan fingerprint density at radius 2 is 2.04 bits per heavy atom. The standard InChI is InChI=1S/C15H15F3N4O5/c1-9(20-25-7-6-23)8-26-22-13(24)11-4-2-10(3-5-11)12-19-14(27-21-12)15(16,17)18/h2-5,23H,6-8H2,1H3,(H,22,24)/b20-9-. The minimum absolute atomic E-state index is 0.0425. The maximum atomic E-state index is 12.5. The predicted octanol–water partition coefficient (Wildman–Crippen LogP) is 1.80. The minimum atomic E-state index is -4.73. The van der Waals surface area contributed by atoms with Gasteiger partial charge in [0.2, 0.25) is 5.82 Å². The molecule has 0 unspecified atom stereocenters. The van der Waals surface area contributed by atoms with E-state index < -0.39 is 18.0 Å². The van der Waals surface area contributed by atoms with E-state index in [1.165, 1.54) is 24.3 Å². The van der Waals surface area contributed by atoms with E-state index in [1.807, 2.05) is 0 Å². The summed E-state index contributed by atoms with van der Waals surface area (Å²) in [5.41, 5.74) is 3.05. The molecular formula is C15H15F3N4O5. The highest BCUT2D eigenvalue weighted by molar-refractivity contribution is 5.94. The number of aliphatic hydroxyl groups excluding tert-OH is 1. The highest BCUT2D eigenvalue weighted by Crippen LogP contribution is 2.29. The molecule has 0 bridgehead atoms. The second-order valence-electron chi connectivity index (χ2n) is 5.10. The Bertz CT molecular complexity index is 789. The molecule has 2 N–H and O–H groups in total. The summed E-state index contributed by atoms with van der Waals surface area (Å²) in [6.45, 7) is 1.42. The number of hydrogen-bond acceptors (Lipinski definition) is 8. The van der Waals surface area contributed by atoms with Crippen molar-refractivity contribution in [3.63, 3.8) is 0 Å². The first-order valence-electron chi connectivity index (χ1n) is 7.51. The van der Waals surface area contributed by atoms with Gasteiger partial charge in [0.15, 0.2) is 0 Å². The van der Waals surface area contributed by atoms with Crippen LogP contribution in [0.5, 0.6) is 0 Å². The molecule has 0 spiro atoms. The fourth-order valence-electron chi connectivity index (χ4n) is 1.71.